The number of ether oxygens (including phenoxy) is 1. The SMILES string of the molecule is CCOC(=O)CSc1nnc(-c2ccc([N+](=O)[O-])cc2)c(=O)n1N. The average Bonchev–Trinajstić information content (AvgIpc) is 2.56. The maximum Gasteiger partial charge on any atom is 0.316 e. The molecule has 2 rings (SSSR count). The molecule has 0 aliphatic rings. The number of hydrogen-bond acceptors (Lipinski definition) is 9. The maximum atomic E-state index is 12.3. The van der Waals surface area contributed by atoms with Gasteiger partial charge in [-0.05, 0) is 19.1 Å². The van der Waals surface area contributed by atoms with Gasteiger partial charge in [0.25, 0.3) is 11.2 Å². The molecule has 0 bridgehead atoms. The molecule has 0 fully saturated rings. The first-order valence-corrected chi connectivity index (χ1v) is 7.70. The van der Waals surface area contributed by atoms with Crippen molar-refractivity contribution in [2.24, 2.45) is 0 Å². The molecular formula is C13H13N5O5S. The predicted octanol–water partition coefficient (Wildman–Crippen LogP) is 0.582. The number of nitro benzene ring substituents is 1. The number of nitrogens with two attached hydrogens (primary N) is 1. The number of nitrogens with zero attached hydrogens (tertiary/aromatic N) is 4. The van der Waals surface area contributed by atoms with E-state index in [-0.39, 0.29) is 28.9 Å². The largest absolute Gasteiger partial charge is 0.465 e. The van der Waals surface area contributed by atoms with Crippen LogP contribution in [0.25, 0.3) is 11.3 Å². The summed E-state index contributed by atoms with van der Waals surface area (Å²) in [5.74, 6) is 5.16. The minimum absolute atomic E-state index is 0.0483. The van der Waals surface area contributed by atoms with E-state index < -0.39 is 16.5 Å². The van der Waals surface area contributed by atoms with Gasteiger partial charge in [0.1, 0.15) is 0 Å². The first-order chi connectivity index (χ1) is 11.4. The highest BCUT2D eigenvalue weighted by Crippen LogP contribution is 2.19. The van der Waals surface area contributed by atoms with Gasteiger partial charge in [0.15, 0.2) is 5.69 Å². The Morgan fingerprint density at radius 1 is 1.38 bits per heavy atom. The molecule has 1 aromatic carbocycles. The smallest absolute Gasteiger partial charge is 0.316 e. The van der Waals surface area contributed by atoms with Crippen molar-refractivity contribution in [2.75, 3.05) is 18.2 Å². The molecule has 11 heteroatoms. The zero-order valence-electron chi connectivity index (χ0n) is 12.5. The summed E-state index contributed by atoms with van der Waals surface area (Å²) in [5, 5.41) is 18.3. The van der Waals surface area contributed by atoms with Crippen LogP contribution in [0, 0.1) is 10.1 Å². The number of hydrogen-bond donors (Lipinski definition) is 1. The highest BCUT2D eigenvalue weighted by atomic mass is 32.2. The van der Waals surface area contributed by atoms with Crippen molar-refractivity contribution in [3.8, 4) is 11.3 Å². The molecule has 0 unspecified atom stereocenters. The van der Waals surface area contributed by atoms with Crippen LogP contribution >= 0.6 is 11.8 Å². The second-order valence-corrected chi connectivity index (χ2v) is 5.35. The van der Waals surface area contributed by atoms with E-state index in [1.54, 1.807) is 6.92 Å². The Balaban J connectivity index is 2.25. The van der Waals surface area contributed by atoms with E-state index in [0.717, 1.165) is 16.4 Å². The van der Waals surface area contributed by atoms with Crippen LogP contribution in [0.15, 0.2) is 34.2 Å². The fourth-order valence-electron chi connectivity index (χ4n) is 1.73. The fourth-order valence-corrected chi connectivity index (χ4v) is 2.38. The summed E-state index contributed by atoms with van der Waals surface area (Å²) in [5.41, 5.74) is -0.446. The van der Waals surface area contributed by atoms with Gasteiger partial charge in [0.05, 0.1) is 17.3 Å². The molecule has 0 spiro atoms. The molecule has 1 aromatic heterocycles. The van der Waals surface area contributed by atoms with E-state index in [2.05, 4.69) is 10.2 Å². The van der Waals surface area contributed by atoms with Crippen molar-refractivity contribution < 1.29 is 14.5 Å². The van der Waals surface area contributed by atoms with Crippen molar-refractivity contribution in [1.82, 2.24) is 14.9 Å². The van der Waals surface area contributed by atoms with Gasteiger partial charge in [-0.2, -0.15) is 4.68 Å². The van der Waals surface area contributed by atoms with Crippen LogP contribution in [0.2, 0.25) is 0 Å². The number of non-ortho nitro benzene ring substituents is 1. The third-order valence-corrected chi connectivity index (χ3v) is 3.76. The van der Waals surface area contributed by atoms with Crippen LogP contribution in [0.4, 0.5) is 5.69 Å². The second kappa shape index (κ2) is 7.55. The zero-order chi connectivity index (χ0) is 17.7. The Hall–Kier alpha value is -2.95. The molecule has 1 heterocycles. The van der Waals surface area contributed by atoms with Crippen molar-refractivity contribution in [1.29, 1.82) is 0 Å². The Kier molecular flexibility index (Phi) is 5.47. The Morgan fingerprint density at radius 3 is 2.62 bits per heavy atom. The lowest BCUT2D eigenvalue weighted by molar-refractivity contribution is -0.384. The fraction of sp³-hybridized carbons (Fsp3) is 0.231. The maximum absolute atomic E-state index is 12.3. The van der Waals surface area contributed by atoms with Gasteiger partial charge in [-0.25, -0.2) is 0 Å². The monoisotopic (exact) mass is 351 g/mol. The molecule has 2 N–H and O–H groups in total. The van der Waals surface area contributed by atoms with Gasteiger partial charge in [0, 0.05) is 17.7 Å². The van der Waals surface area contributed by atoms with Crippen molar-refractivity contribution in [3.63, 3.8) is 0 Å². The molecule has 0 aliphatic heterocycles. The number of benzene rings is 1. The number of aromatic nitrogens is 3. The number of rotatable bonds is 6. The minimum atomic E-state index is -0.634. The summed E-state index contributed by atoms with van der Waals surface area (Å²) in [6, 6.07) is 5.27. The van der Waals surface area contributed by atoms with Crippen LogP contribution in [-0.4, -0.2) is 38.1 Å². The van der Waals surface area contributed by atoms with Crippen molar-refractivity contribution >= 4 is 23.4 Å². The van der Waals surface area contributed by atoms with E-state index in [4.69, 9.17) is 10.6 Å². The molecule has 0 amide bonds. The molecule has 0 atom stereocenters. The Morgan fingerprint density at radius 2 is 2.04 bits per heavy atom. The number of carbonyl (C=O) groups excluding carboxylic acids is 1. The second-order valence-electron chi connectivity index (χ2n) is 4.40. The van der Waals surface area contributed by atoms with E-state index in [9.17, 15) is 19.7 Å². The van der Waals surface area contributed by atoms with Crippen LogP contribution < -0.4 is 11.4 Å². The lowest BCUT2D eigenvalue weighted by Crippen LogP contribution is -2.32. The Labute approximate surface area is 139 Å². The van der Waals surface area contributed by atoms with Crippen LogP contribution in [0.1, 0.15) is 6.92 Å². The topological polar surface area (TPSA) is 143 Å². The number of nitro groups is 1. The highest BCUT2D eigenvalue weighted by molar-refractivity contribution is 7.99. The van der Waals surface area contributed by atoms with Gasteiger partial charge < -0.3 is 10.6 Å². The number of thioether (sulfide) groups is 1. The van der Waals surface area contributed by atoms with Crippen LogP contribution in [0.5, 0.6) is 0 Å². The number of nitrogen functional groups attached to an aromatic ring is 1. The van der Waals surface area contributed by atoms with Gasteiger partial charge in [0.2, 0.25) is 5.16 Å². The van der Waals surface area contributed by atoms with Gasteiger partial charge >= 0.3 is 5.97 Å². The highest BCUT2D eigenvalue weighted by Gasteiger charge is 2.15. The van der Waals surface area contributed by atoms with Crippen LogP contribution in [0.3, 0.4) is 0 Å². The summed E-state index contributed by atoms with van der Waals surface area (Å²) >= 11 is 0.920. The molecule has 126 valence electrons. The third kappa shape index (κ3) is 3.87. The molecule has 0 saturated carbocycles. The lowest BCUT2D eigenvalue weighted by atomic mass is 10.1. The van der Waals surface area contributed by atoms with Crippen molar-refractivity contribution in [3.05, 3.63) is 44.7 Å². The molecule has 0 saturated heterocycles. The number of esters is 1. The van der Waals surface area contributed by atoms with E-state index in [1.165, 1.54) is 24.3 Å². The quantitative estimate of drug-likeness (QED) is 0.260. The van der Waals surface area contributed by atoms with Crippen molar-refractivity contribution in [2.45, 2.75) is 12.1 Å². The summed E-state index contributed by atoms with van der Waals surface area (Å²) in [4.78, 5) is 33.7. The van der Waals surface area contributed by atoms with E-state index >= 15 is 0 Å². The lowest BCUT2D eigenvalue weighted by Gasteiger charge is -2.07. The molecule has 2 aromatic rings. The first-order valence-electron chi connectivity index (χ1n) is 6.72. The van der Waals surface area contributed by atoms with Gasteiger partial charge in [-0.3, -0.25) is 19.7 Å². The van der Waals surface area contributed by atoms with Gasteiger partial charge in [-0.15, -0.1) is 10.2 Å². The van der Waals surface area contributed by atoms with E-state index in [0.29, 0.717) is 5.56 Å². The molecular weight excluding hydrogens is 338 g/mol. The predicted molar refractivity (Wildman–Crippen MR) is 85.9 cm³/mol. The third-order valence-electron chi connectivity index (χ3n) is 2.84. The summed E-state index contributed by atoms with van der Waals surface area (Å²) < 4.78 is 5.54. The normalized spacial score (nSPS) is 10.4. The Bertz CT molecular complexity index is 820. The summed E-state index contributed by atoms with van der Waals surface area (Å²) in [6.45, 7) is 1.93. The number of carbonyl (C=O) groups is 1. The average molecular weight is 351 g/mol. The molecule has 0 aliphatic carbocycles. The van der Waals surface area contributed by atoms with Crippen LogP contribution in [-0.2, 0) is 9.53 Å². The summed E-state index contributed by atoms with van der Waals surface area (Å²) in [7, 11) is 0. The molecule has 0 radical (unpaired) electrons. The van der Waals surface area contributed by atoms with Gasteiger partial charge in [-0.1, -0.05) is 11.8 Å². The molecule has 10 nitrogen and oxygen atoms in total. The zero-order valence-corrected chi connectivity index (χ0v) is 13.4. The standard InChI is InChI=1S/C13H13N5O5S/c1-2-23-10(19)7-24-13-16-15-11(12(20)17(13)14)8-3-5-9(6-4-8)18(21)22/h3-6H,2,7,14H2,1H3. The van der Waals surface area contributed by atoms with E-state index in [1.807, 2.05) is 0 Å². The summed E-state index contributed by atoms with van der Waals surface area (Å²) in [6.07, 6.45) is 0. The first kappa shape index (κ1) is 17.4. The minimum Gasteiger partial charge on any atom is -0.465 e. The molecule has 24 heavy (non-hydrogen) atoms.